The van der Waals surface area contributed by atoms with Crippen molar-refractivity contribution >= 4 is 21.6 Å². The van der Waals surface area contributed by atoms with Gasteiger partial charge in [0.1, 0.15) is 5.75 Å². The molecule has 0 bridgehead atoms. The van der Waals surface area contributed by atoms with Gasteiger partial charge >= 0.3 is 0 Å². The highest BCUT2D eigenvalue weighted by atomic mass is 32.2. The zero-order chi connectivity index (χ0) is 22.7. The highest BCUT2D eigenvalue weighted by Gasteiger charge is 2.22. The zero-order valence-electron chi connectivity index (χ0n) is 18.1. The quantitative estimate of drug-likeness (QED) is 0.593. The van der Waals surface area contributed by atoms with Gasteiger partial charge in [0.25, 0.3) is 15.9 Å². The van der Waals surface area contributed by atoms with Gasteiger partial charge in [-0.3, -0.25) is 9.52 Å². The van der Waals surface area contributed by atoms with E-state index in [0.717, 1.165) is 23.3 Å². The highest BCUT2D eigenvalue weighted by Crippen LogP contribution is 2.26. The van der Waals surface area contributed by atoms with E-state index >= 15 is 0 Å². The van der Waals surface area contributed by atoms with Crippen LogP contribution in [0.5, 0.6) is 5.75 Å². The molecule has 3 aromatic carbocycles. The minimum atomic E-state index is -3.83. The van der Waals surface area contributed by atoms with Gasteiger partial charge in [0.05, 0.1) is 11.5 Å². The smallest absolute Gasteiger partial charge is 0.262 e. The Morgan fingerprint density at radius 3 is 2.56 bits per heavy atom. The lowest BCUT2D eigenvalue weighted by molar-refractivity contribution is 0.0939. The minimum absolute atomic E-state index is 0.0839. The van der Waals surface area contributed by atoms with E-state index in [2.05, 4.69) is 10.0 Å². The minimum Gasteiger partial charge on any atom is -0.493 e. The third kappa shape index (κ3) is 4.94. The molecule has 0 fully saturated rings. The van der Waals surface area contributed by atoms with Gasteiger partial charge in [-0.05, 0) is 61.7 Å². The summed E-state index contributed by atoms with van der Waals surface area (Å²) in [5.74, 6) is 0.742. The van der Waals surface area contributed by atoms with Gasteiger partial charge in [-0.15, -0.1) is 0 Å². The SMILES string of the molecule is Cc1ccc(NS(=O)(=O)c2cc(C(=O)NCC3COc4ccccc4C3)ccc2C)cc1. The maximum absolute atomic E-state index is 12.9. The molecule has 0 radical (unpaired) electrons. The summed E-state index contributed by atoms with van der Waals surface area (Å²) in [7, 11) is -3.83. The molecule has 7 heteroatoms. The van der Waals surface area contributed by atoms with E-state index in [-0.39, 0.29) is 16.7 Å². The van der Waals surface area contributed by atoms with Gasteiger partial charge in [-0.25, -0.2) is 8.42 Å². The first-order valence-electron chi connectivity index (χ1n) is 10.5. The molecule has 166 valence electrons. The maximum atomic E-state index is 12.9. The van der Waals surface area contributed by atoms with E-state index in [0.29, 0.717) is 30.0 Å². The predicted octanol–water partition coefficient (Wildman–Crippen LogP) is 4.09. The van der Waals surface area contributed by atoms with E-state index in [1.165, 1.54) is 6.07 Å². The normalized spacial score (nSPS) is 15.4. The van der Waals surface area contributed by atoms with Crippen LogP contribution in [0, 0.1) is 19.8 Å². The van der Waals surface area contributed by atoms with E-state index in [1.54, 1.807) is 31.2 Å². The van der Waals surface area contributed by atoms with Crippen molar-refractivity contribution in [1.82, 2.24) is 5.32 Å². The maximum Gasteiger partial charge on any atom is 0.262 e. The molecule has 0 aliphatic carbocycles. The van der Waals surface area contributed by atoms with Crippen molar-refractivity contribution < 1.29 is 17.9 Å². The van der Waals surface area contributed by atoms with Gasteiger partial charge in [0, 0.05) is 23.7 Å². The average molecular weight is 451 g/mol. The molecule has 0 saturated carbocycles. The third-order valence-electron chi connectivity index (χ3n) is 5.55. The molecule has 0 aromatic heterocycles. The van der Waals surface area contributed by atoms with Crippen LogP contribution in [0.4, 0.5) is 5.69 Å². The summed E-state index contributed by atoms with van der Waals surface area (Å²) < 4.78 is 34.3. The summed E-state index contributed by atoms with van der Waals surface area (Å²) in [6.07, 6.45) is 0.824. The first-order chi connectivity index (χ1) is 15.3. The molecule has 1 amide bonds. The standard InChI is InChI=1S/C25H26N2O4S/c1-17-7-11-22(12-8-17)27-32(29,30)24-14-21(10-9-18(24)2)25(28)26-15-19-13-20-5-3-4-6-23(20)31-16-19/h3-12,14,19,27H,13,15-16H2,1-2H3,(H,26,28). The Morgan fingerprint density at radius 1 is 1.03 bits per heavy atom. The van der Waals surface area contributed by atoms with Crippen LogP contribution < -0.4 is 14.8 Å². The van der Waals surface area contributed by atoms with Crippen LogP contribution in [0.25, 0.3) is 0 Å². The Labute approximate surface area is 188 Å². The van der Waals surface area contributed by atoms with Crippen molar-refractivity contribution in [2.45, 2.75) is 25.2 Å². The van der Waals surface area contributed by atoms with Crippen LogP contribution in [0.3, 0.4) is 0 Å². The van der Waals surface area contributed by atoms with E-state index in [4.69, 9.17) is 4.74 Å². The van der Waals surface area contributed by atoms with Crippen LogP contribution in [0.1, 0.15) is 27.0 Å². The summed E-state index contributed by atoms with van der Waals surface area (Å²) in [4.78, 5) is 12.8. The van der Waals surface area contributed by atoms with Crippen LogP contribution in [0.15, 0.2) is 71.6 Å². The largest absolute Gasteiger partial charge is 0.493 e. The molecule has 2 N–H and O–H groups in total. The zero-order valence-corrected chi connectivity index (χ0v) is 18.9. The average Bonchev–Trinajstić information content (AvgIpc) is 2.79. The Bertz CT molecular complexity index is 1240. The van der Waals surface area contributed by atoms with Gasteiger partial charge in [-0.1, -0.05) is 42.0 Å². The highest BCUT2D eigenvalue weighted by molar-refractivity contribution is 7.92. The Morgan fingerprint density at radius 2 is 1.78 bits per heavy atom. The number of rotatable bonds is 6. The summed E-state index contributed by atoms with van der Waals surface area (Å²) in [6.45, 7) is 4.63. The predicted molar refractivity (Wildman–Crippen MR) is 125 cm³/mol. The lowest BCUT2D eigenvalue weighted by atomic mass is 9.96. The molecule has 1 aliphatic rings. The second kappa shape index (κ2) is 9.04. The van der Waals surface area contributed by atoms with Crippen molar-refractivity contribution in [3.63, 3.8) is 0 Å². The lowest BCUT2D eigenvalue weighted by Crippen LogP contribution is -2.34. The van der Waals surface area contributed by atoms with E-state index in [1.807, 2.05) is 43.3 Å². The molecule has 1 heterocycles. The molecule has 6 nitrogen and oxygen atoms in total. The fraction of sp³-hybridized carbons (Fsp3) is 0.240. The summed E-state index contributed by atoms with van der Waals surface area (Å²) >= 11 is 0. The number of ether oxygens (including phenoxy) is 1. The van der Waals surface area contributed by atoms with Gasteiger partial charge in [-0.2, -0.15) is 0 Å². The molecule has 32 heavy (non-hydrogen) atoms. The van der Waals surface area contributed by atoms with Crippen molar-refractivity contribution in [1.29, 1.82) is 0 Å². The molecule has 1 atom stereocenters. The van der Waals surface area contributed by atoms with Crippen molar-refractivity contribution in [2.24, 2.45) is 5.92 Å². The van der Waals surface area contributed by atoms with Crippen LogP contribution >= 0.6 is 0 Å². The number of aryl methyl sites for hydroxylation is 2. The number of hydrogen-bond donors (Lipinski definition) is 2. The third-order valence-corrected chi connectivity index (χ3v) is 7.07. The van der Waals surface area contributed by atoms with Crippen molar-refractivity contribution in [2.75, 3.05) is 17.9 Å². The number of fused-ring (bicyclic) bond motifs is 1. The topological polar surface area (TPSA) is 84.5 Å². The Balaban J connectivity index is 1.45. The number of para-hydroxylation sites is 1. The van der Waals surface area contributed by atoms with Gasteiger partial charge in [0.2, 0.25) is 0 Å². The number of nitrogens with one attached hydrogen (secondary N) is 2. The van der Waals surface area contributed by atoms with E-state index in [9.17, 15) is 13.2 Å². The molecule has 0 spiro atoms. The molecular weight excluding hydrogens is 424 g/mol. The number of anilines is 1. The van der Waals surface area contributed by atoms with Crippen molar-refractivity contribution in [3.8, 4) is 5.75 Å². The summed E-state index contributed by atoms with van der Waals surface area (Å²) in [5, 5.41) is 2.92. The Kier molecular flexibility index (Phi) is 6.19. The number of amides is 1. The van der Waals surface area contributed by atoms with E-state index < -0.39 is 10.0 Å². The van der Waals surface area contributed by atoms with Crippen LogP contribution in [-0.2, 0) is 16.4 Å². The number of sulfonamides is 1. The molecule has 3 aromatic rings. The molecule has 4 rings (SSSR count). The fourth-order valence-corrected chi connectivity index (χ4v) is 5.05. The number of carbonyl (C=O) groups is 1. The summed E-state index contributed by atoms with van der Waals surface area (Å²) in [6, 6.07) is 19.7. The molecule has 0 saturated heterocycles. The molecule has 1 unspecified atom stereocenters. The van der Waals surface area contributed by atoms with Gasteiger partial charge < -0.3 is 10.1 Å². The number of hydrogen-bond acceptors (Lipinski definition) is 4. The second-order valence-corrected chi connectivity index (χ2v) is 9.80. The Hall–Kier alpha value is -3.32. The second-order valence-electron chi connectivity index (χ2n) is 8.15. The summed E-state index contributed by atoms with van der Waals surface area (Å²) in [5.41, 5.74) is 3.51. The number of benzene rings is 3. The van der Waals surface area contributed by atoms with Crippen molar-refractivity contribution in [3.05, 3.63) is 89.0 Å². The molecular formula is C25H26N2O4S. The fourth-order valence-electron chi connectivity index (χ4n) is 3.72. The first-order valence-corrected chi connectivity index (χ1v) is 12.0. The van der Waals surface area contributed by atoms with Crippen LogP contribution in [-0.4, -0.2) is 27.5 Å². The number of carbonyl (C=O) groups excluding carboxylic acids is 1. The van der Waals surface area contributed by atoms with Crippen LogP contribution in [0.2, 0.25) is 0 Å². The lowest BCUT2D eigenvalue weighted by Gasteiger charge is -2.25. The monoisotopic (exact) mass is 450 g/mol. The molecule has 1 aliphatic heterocycles. The first kappa shape index (κ1) is 21.9. The van der Waals surface area contributed by atoms with Gasteiger partial charge in [0.15, 0.2) is 0 Å².